The number of aryl methyl sites for hydroxylation is 1. The molecule has 0 amide bonds. The van der Waals surface area contributed by atoms with Crippen molar-refractivity contribution in [2.75, 3.05) is 0 Å². The van der Waals surface area contributed by atoms with E-state index in [2.05, 4.69) is 47.9 Å². The van der Waals surface area contributed by atoms with E-state index in [1.165, 1.54) is 11.1 Å². The van der Waals surface area contributed by atoms with Gasteiger partial charge in [-0.2, -0.15) is 0 Å². The molecule has 2 aromatic heterocycles. The molecule has 4 nitrogen and oxygen atoms in total. The van der Waals surface area contributed by atoms with Crippen molar-refractivity contribution in [3.63, 3.8) is 0 Å². The van der Waals surface area contributed by atoms with Crippen molar-refractivity contribution in [2.45, 2.75) is 32.7 Å². The third-order valence-electron chi connectivity index (χ3n) is 6.13. The minimum atomic E-state index is -0.0913. The highest BCUT2D eigenvalue weighted by molar-refractivity contribution is 6.30. The van der Waals surface area contributed by atoms with Crippen LogP contribution in [0.2, 0.25) is 5.02 Å². The summed E-state index contributed by atoms with van der Waals surface area (Å²) in [5, 5.41) is 0.658. The lowest BCUT2D eigenvalue weighted by atomic mass is 10.0. The van der Waals surface area contributed by atoms with Crippen LogP contribution in [0, 0.1) is 0 Å². The molecule has 170 valence electrons. The summed E-state index contributed by atoms with van der Waals surface area (Å²) < 4.78 is 3.83. The normalized spacial score (nSPS) is 11.2. The minimum absolute atomic E-state index is 0.0913. The molecule has 5 heteroatoms. The number of aromatic nitrogens is 3. The van der Waals surface area contributed by atoms with E-state index in [0.29, 0.717) is 16.5 Å². The molecule has 0 aliphatic heterocycles. The molecule has 0 saturated carbocycles. The molecule has 0 spiro atoms. The minimum Gasteiger partial charge on any atom is -0.310 e. The Bertz CT molecular complexity index is 1470. The van der Waals surface area contributed by atoms with Crippen LogP contribution in [-0.2, 0) is 6.54 Å². The number of unbranched alkanes of at least 4 members (excludes halogenated alkanes) is 2. The lowest BCUT2D eigenvalue weighted by Gasteiger charge is -2.11. The Balaban J connectivity index is 1.62. The molecule has 0 saturated heterocycles. The molecule has 5 rings (SSSR count). The summed E-state index contributed by atoms with van der Waals surface area (Å²) >= 11 is 6.05. The fraction of sp³-hybridized carbons (Fsp3) is 0.172. The second-order valence-corrected chi connectivity index (χ2v) is 8.91. The van der Waals surface area contributed by atoms with Gasteiger partial charge >= 0.3 is 0 Å². The molecule has 3 aromatic carbocycles. The molecule has 0 aliphatic carbocycles. The SMILES string of the molecule is CCCCCn1c(-c2ccc(-c3ccccc3)cc2)cn2c(=O)cc(-c3ccc(Cl)cc3)nc12. The van der Waals surface area contributed by atoms with Crippen molar-refractivity contribution in [3.8, 4) is 33.6 Å². The summed E-state index contributed by atoms with van der Waals surface area (Å²) in [5.74, 6) is 0.663. The van der Waals surface area contributed by atoms with Gasteiger partial charge < -0.3 is 4.57 Å². The van der Waals surface area contributed by atoms with Gasteiger partial charge in [-0.3, -0.25) is 9.20 Å². The number of halogens is 1. The average Bonchev–Trinajstić information content (AvgIpc) is 3.24. The van der Waals surface area contributed by atoms with Gasteiger partial charge in [-0.05, 0) is 35.2 Å². The zero-order valence-electron chi connectivity index (χ0n) is 19.1. The maximum absolute atomic E-state index is 13.1. The highest BCUT2D eigenvalue weighted by Crippen LogP contribution is 2.28. The summed E-state index contributed by atoms with van der Waals surface area (Å²) in [5.41, 5.74) is 5.84. The van der Waals surface area contributed by atoms with Crippen molar-refractivity contribution in [1.82, 2.24) is 14.0 Å². The van der Waals surface area contributed by atoms with Crippen LogP contribution in [0.15, 0.2) is 95.9 Å². The Kier molecular flexibility index (Phi) is 6.33. The Morgan fingerprint density at radius 1 is 0.794 bits per heavy atom. The van der Waals surface area contributed by atoms with Crippen molar-refractivity contribution in [2.24, 2.45) is 0 Å². The first-order valence-electron chi connectivity index (χ1n) is 11.7. The predicted octanol–water partition coefficient (Wildman–Crippen LogP) is 7.34. The first-order valence-corrected chi connectivity index (χ1v) is 12.1. The van der Waals surface area contributed by atoms with Gasteiger partial charge in [0.2, 0.25) is 5.78 Å². The lowest BCUT2D eigenvalue weighted by molar-refractivity contribution is 0.614. The third-order valence-corrected chi connectivity index (χ3v) is 6.38. The topological polar surface area (TPSA) is 39.3 Å². The molecule has 0 unspecified atom stereocenters. The Morgan fingerprint density at radius 3 is 2.15 bits per heavy atom. The largest absolute Gasteiger partial charge is 0.310 e. The highest BCUT2D eigenvalue weighted by Gasteiger charge is 2.15. The monoisotopic (exact) mass is 467 g/mol. The van der Waals surface area contributed by atoms with Gasteiger partial charge in [0, 0.05) is 29.4 Å². The highest BCUT2D eigenvalue weighted by atomic mass is 35.5. The summed E-state index contributed by atoms with van der Waals surface area (Å²) in [4.78, 5) is 18.0. The van der Waals surface area contributed by atoms with Gasteiger partial charge in [0.25, 0.3) is 5.56 Å². The van der Waals surface area contributed by atoms with Crippen LogP contribution in [-0.4, -0.2) is 14.0 Å². The molecular formula is C29H26ClN3O. The van der Waals surface area contributed by atoms with E-state index in [-0.39, 0.29) is 5.56 Å². The van der Waals surface area contributed by atoms with Gasteiger partial charge in [0.1, 0.15) is 0 Å². The van der Waals surface area contributed by atoms with Crippen LogP contribution in [0.1, 0.15) is 26.2 Å². The number of nitrogens with zero attached hydrogens (tertiary/aromatic N) is 3. The first-order chi connectivity index (χ1) is 16.6. The lowest BCUT2D eigenvalue weighted by Crippen LogP contribution is -2.14. The molecule has 0 radical (unpaired) electrons. The van der Waals surface area contributed by atoms with E-state index in [1.807, 2.05) is 48.7 Å². The number of hydrogen-bond acceptors (Lipinski definition) is 2. The van der Waals surface area contributed by atoms with Crippen molar-refractivity contribution in [1.29, 1.82) is 0 Å². The zero-order chi connectivity index (χ0) is 23.5. The van der Waals surface area contributed by atoms with Crippen LogP contribution in [0.4, 0.5) is 0 Å². The van der Waals surface area contributed by atoms with Crippen LogP contribution in [0.25, 0.3) is 39.4 Å². The Labute approximate surface area is 204 Å². The summed E-state index contributed by atoms with van der Waals surface area (Å²) in [6.07, 6.45) is 5.19. The zero-order valence-corrected chi connectivity index (χ0v) is 19.9. The maximum atomic E-state index is 13.1. The molecule has 0 atom stereocenters. The van der Waals surface area contributed by atoms with E-state index < -0.39 is 0 Å². The first kappa shape index (κ1) is 22.2. The van der Waals surface area contributed by atoms with Gasteiger partial charge in [-0.1, -0.05) is 98.1 Å². The van der Waals surface area contributed by atoms with Crippen LogP contribution in [0.5, 0.6) is 0 Å². The number of imidazole rings is 1. The molecule has 2 heterocycles. The predicted molar refractivity (Wildman–Crippen MR) is 140 cm³/mol. The maximum Gasteiger partial charge on any atom is 0.259 e. The van der Waals surface area contributed by atoms with Crippen LogP contribution in [0.3, 0.4) is 0 Å². The van der Waals surface area contributed by atoms with Gasteiger partial charge in [-0.25, -0.2) is 4.98 Å². The average molecular weight is 468 g/mol. The number of hydrogen-bond donors (Lipinski definition) is 0. The quantitative estimate of drug-likeness (QED) is 0.235. The van der Waals surface area contributed by atoms with Gasteiger partial charge in [-0.15, -0.1) is 0 Å². The van der Waals surface area contributed by atoms with Gasteiger partial charge in [0.05, 0.1) is 11.4 Å². The van der Waals surface area contributed by atoms with Crippen LogP contribution < -0.4 is 5.56 Å². The fourth-order valence-corrected chi connectivity index (χ4v) is 4.42. The molecule has 0 bridgehead atoms. The molecule has 0 fully saturated rings. The molecule has 0 aliphatic rings. The smallest absolute Gasteiger partial charge is 0.259 e. The van der Waals surface area contributed by atoms with E-state index in [0.717, 1.165) is 42.6 Å². The molecular weight excluding hydrogens is 442 g/mol. The van der Waals surface area contributed by atoms with Crippen molar-refractivity contribution < 1.29 is 0 Å². The van der Waals surface area contributed by atoms with Crippen molar-refractivity contribution in [3.05, 3.63) is 107 Å². The summed E-state index contributed by atoms with van der Waals surface area (Å²) in [6.45, 7) is 3.00. The number of fused-ring (bicyclic) bond motifs is 1. The Hall–Kier alpha value is -3.63. The fourth-order valence-electron chi connectivity index (χ4n) is 4.29. The van der Waals surface area contributed by atoms with E-state index in [4.69, 9.17) is 16.6 Å². The Morgan fingerprint density at radius 2 is 1.44 bits per heavy atom. The summed E-state index contributed by atoms with van der Waals surface area (Å²) in [7, 11) is 0. The van der Waals surface area contributed by atoms with Crippen LogP contribution >= 0.6 is 11.6 Å². The van der Waals surface area contributed by atoms with Crippen molar-refractivity contribution >= 4 is 17.4 Å². The standard InChI is InChI=1S/C29H26ClN3O/c1-2-3-7-18-32-27(24-12-10-22(11-13-24)21-8-5-4-6-9-21)20-33-28(34)19-26(31-29(32)33)23-14-16-25(30)17-15-23/h4-6,8-17,19-20H,2-3,7,18H2,1H3. The van der Waals surface area contributed by atoms with E-state index in [9.17, 15) is 4.79 Å². The molecule has 0 N–H and O–H groups in total. The van der Waals surface area contributed by atoms with E-state index >= 15 is 0 Å². The van der Waals surface area contributed by atoms with E-state index in [1.54, 1.807) is 10.5 Å². The third kappa shape index (κ3) is 4.42. The number of rotatable bonds is 7. The second-order valence-electron chi connectivity index (χ2n) is 8.47. The molecule has 5 aromatic rings. The number of benzene rings is 3. The van der Waals surface area contributed by atoms with Gasteiger partial charge in [0.15, 0.2) is 0 Å². The second kappa shape index (κ2) is 9.70. The molecule has 34 heavy (non-hydrogen) atoms. The summed E-state index contributed by atoms with van der Waals surface area (Å²) in [6, 6.07) is 27.9.